The van der Waals surface area contributed by atoms with E-state index in [4.69, 9.17) is 9.72 Å². The summed E-state index contributed by atoms with van der Waals surface area (Å²) in [6.45, 7) is 1.66. The van der Waals surface area contributed by atoms with Gasteiger partial charge in [-0.25, -0.2) is 4.98 Å². The molecule has 1 aliphatic rings. The molecule has 1 saturated heterocycles. The first-order chi connectivity index (χ1) is 13.2. The fourth-order valence-electron chi connectivity index (χ4n) is 3.96. The first-order valence-electron chi connectivity index (χ1n) is 9.60. The van der Waals surface area contributed by atoms with Gasteiger partial charge in [-0.15, -0.1) is 0 Å². The van der Waals surface area contributed by atoms with Crippen LogP contribution >= 0.6 is 0 Å². The quantitative estimate of drug-likeness (QED) is 0.760. The summed E-state index contributed by atoms with van der Waals surface area (Å²) in [6.07, 6.45) is 4.74. The highest BCUT2D eigenvalue weighted by atomic mass is 16.5. The summed E-state index contributed by atoms with van der Waals surface area (Å²) in [5.74, 6) is 1.61. The van der Waals surface area contributed by atoms with E-state index in [-0.39, 0.29) is 5.56 Å². The molecular formula is C22H25N3O2. The second-order valence-corrected chi connectivity index (χ2v) is 7.14. The third kappa shape index (κ3) is 3.88. The standard InChI is InChI=1S/C22H25N3O2/c1-27-17-12-10-16(11-13-17)20-9-3-2-6-14-25(20)15-21-23-19-8-5-4-7-18(19)22(26)24-21/h4-5,7-8,10-13,20H,2-3,6,9,14-15H2,1H3,(H,23,24,26)/t20-/m0/s1. The topological polar surface area (TPSA) is 58.2 Å². The Labute approximate surface area is 159 Å². The molecule has 0 spiro atoms. The van der Waals surface area contributed by atoms with Gasteiger partial charge < -0.3 is 9.72 Å². The number of hydrogen-bond donors (Lipinski definition) is 1. The van der Waals surface area contributed by atoms with E-state index in [1.54, 1.807) is 7.11 Å². The van der Waals surface area contributed by atoms with Crippen LogP contribution in [0.2, 0.25) is 0 Å². The molecule has 5 nitrogen and oxygen atoms in total. The molecule has 140 valence electrons. The molecule has 0 saturated carbocycles. The van der Waals surface area contributed by atoms with Crippen molar-refractivity contribution in [2.45, 2.75) is 38.3 Å². The molecule has 5 heteroatoms. The third-order valence-electron chi connectivity index (χ3n) is 5.38. The summed E-state index contributed by atoms with van der Waals surface area (Å²) in [7, 11) is 1.69. The molecule has 3 aromatic rings. The molecule has 2 heterocycles. The molecule has 0 unspecified atom stereocenters. The molecule has 27 heavy (non-hydrogen) atoms. The van der Waals surface area contributed by atoms with E-state index in [9.17, 15) is 4.79 Å². The lowest BCUT2D eigenvalue weighted by Crippen LogP contribution is -2.30. The molecular weight excluding hydrogens is 338 g/mol. The number of nitrogens with one attached hydrogen (secondary N) is 1. The van der Waals surface area contributed by atoms with Gasteiger partial charge in [-0.05, 0) is 49.2 Å². The van der Waals surface area contributed by atoms with E-state index in [0.717, 1.165) is 30.1 Å². The Morgan fingerprint density at radius 3 is 2.74 bits per heavy atom. The number of methoxy groups -OCH3 is 1. The van der Waals surface area contributed by atoms with E-state index < -0.39 is 0 Å². The van der Waals surface area contributed by atoms with E-state index in [1.165, 1.54) is 24.8 Å². The van der Waals surface area contributed by atoms with E-state index >= 15 is 0 Å². The maximum atomic E-state index is 12.4. The van der Waals surface area contributed by atoms with Gasteiger partial charge in [0.15, 0.2) is 0 Å². The van der Waals surface area contributed by atoms with Crippen LogP contribution in [0.1, 0.15) is 43.1 Å². The Bertz CT molecular complexity index is 965. The highest BCUT2D eigenvalue weighted by Crippen LogP contribution is 2.32. The number of rotatable bonds is 4. The average molecular weight is 363 g/mol. The van der Waals surface area contributed by atoms with Crippen molar-refractivity contribution in [3.05, 3.63) is 70.3 Å². The maximum Gasteiger partial charge on any atom is 0.258 e. The van der Waals surface area contributed by atoms with Crippen molar-refractivity contribution in [2.75, 3.05) is 13.7 Å². The van der Waals surface area contributed by atoms with Gasteiger partial charge >= 0.3 is 0 Å². The number of nitrogens with zero attached hydrogens (tertiary/aromatic N) is 2. The first kappa shape index (κ1) is 17.7. The first-order valence-corrected chi connectivity index (χ1v) is 9.60. The number of ether oxygens (including phenoxy) is 1. The van der Waals surface area contributed by atoms with Crippen LogP contribution in [-0.4, -0.2) is 28.5 Å². The Hall–Kier alpha value is -2.66. The Kier molecular flexibility index (Phi) is 5.21. The number of hydrogen-bond acceptors (Lipinski definition) is 4. The zero-order valence-electron chi connectivity index (χ0n) is 15.6. The Balaban J connectivity index is 1.63. The van der Waals surface area contributed by atoms with Gasteiger partial charge in [0.05, 0.1) is 24.6 Å². The lowest BCUT2D eigenvalue weighted by Gasteiger charge is -2.30. The van der Waals surface area contributed by atoms with Gasteiger partial charge in [-0.1, -0.05) is 37.1 Å². The fraction of sp³-hybridized carbons (Fsp3) is 0.364. The molecule has 1 N–H and O–H groups in total. The van der Waals surface area contributed by atoms with Gasteiger partial charge in [-0.3, -0.25) is 9.69 Å². The number of aromatic amines is 1. The predicted molar refractivity (Wildman–Crippen MR) is 107 cm³/mol. The monoisotopic (exact) mass is 363 g/mol. The van der Waals surface area contributed by atoms with Gasteiger partial charge in [0.25, 0.3) is 5.56 Å². The lowest BCUT2D eigenvalue weighted by atomic mass is 10.0. The van der Waals surface area contributed by atoms with Crippen molar-refractivity contribution in [1.29, 1.82) is 0 Å². The van der Waals surface area contributed by atoms with Crippen LogP contribution < -0.4 is 10.3 Å². The Morgan fingerprint density at radius 1 is 1.11 bits per heavy atom. The second-order valence-electron chi connectivity index (χ2n) is 7.14. The smallest absolute Gasteiger partial charge is 0.258 e. The number of aromatic nitrogens is 2. The lowest BCUT2D eigenvalue weighted by molar-refractivity contribution is 0.187. The highest BCUT2D eigenvalue weighted by Gasteiger charge is 2.23. The molecule has 1 fully saturated rings. The van der Waals surface area contributed by atoms with Crippen LogP contribution in [0.3, 0.4) is 0 Å². The van der Waals surface area contributed by atoms with Crippen molar-refractivity contribution in [3.8, 4) is 5.75 Å². The van der Waals surface area contributed by atoms with Crippen molar-refractivity contribution < 1.29 is 4.74 Å². The number of benzene rings is 2. The van der Waals surface area contributed by atoms with Crippen molar-refractivity contribution in [2.24, 2.45) is 0 Å². The second kappa shape index (κ2) is 7.92. The van der Waals surface area contributed by atoms with Gasteiger partial charge in [0.1, 0.15) is 11.6 Å². The summed E-state index contributed by atoms with van der Waals surface area (Å²) in [6, 6.07) is 16.2. The van der Waals surface area contributed by atoms with Crippen LogP contribution in [-0.2, 0) is 6.54 Å². The zero-order valence-corrected chi connectivity index (χ0v) is 15.6. The molecule has 4 rings (SSSR count). The molecule has 0 bridgehead atoms. The summed E-state index contributed by atoms with van der Waals surface area (Å²) < 4.78 is 5.29. The van der Waals surface area contributed by atoms with Crippen LogP contribution in [0.15, 0.2) is 53.3 Å². The summed E-state index contributed by atoms with van der Waals surface area (Å²) in [5.41, 5.74) is 1.99. The van der Waals surface area contributed by atoms with Crippen LogP contribution in [0.25, 0.3) is 10.9 Å². The molecule has 2 aromatic carbocycles. The fourth-order valence-corrected chi connectivity index (χ4v) is 3.96. The number of likely N-dealkylation sites (tertiary alicyclic amines) is 1. The summed E-state index contributed by atoms with van der Waals surface area (Å²) >= 11 is 0. The van der Waals surface area contributed by atoms with Gasteiger partial charge in [0.2, 0.25) is 0 Å². The molecule has 1 atom stereocenters. The predicted octanol–water partition coefficient (Wildman–Crippen LogP) is 4.05. The van der Waals surface area contributed by atoms with Gasteiger partial charge in [-0.2, -0.15) is 0 Å². The molecule has 1 aromatic heterocycles. The third-order valence-corrected chi connectivity index (χ3v) is 5.38. The largest absolute Gasteiger partial charge is 0.497 e. The number of fused-ring (bicyclic) bond motifs is 1. The average Bonchev–Trinajstić information content (AvgIpc) is 2.93. The van der Waals surface area contributed by atoms with Crippen molar-refractivity contribution in [1.82, 2.24) is 14.9 Å². The minimum atomic E-state index is -0.0635. The van der Waals surface area contributed by atoms with E-state index in [2.05, 4.69) is 22.0 Å². The van der Waals surface area contributed by atoms with E-state index in [0.29, 0.717) is 18.0 Å². The zero-order chi connectivity index (χ0) is 18.6. The van der Waals surface area contributed by atoms with Crippen molar-refractivity contribution in [3.63, 3.8) is 0 Å². The van der Waals surface area contributed by atoms with Gasteiger partial charge in [0, 0.05) is 6.04 Å². The van der Waals surface area contributed by atoms with Crippen LogP contribution in [0, 0.1) is 0 Å². The Morgan fingerprint density at radius 2 is 1.93 bits per heavy atom. The SMILES string of the molecule is COc1ccc([C@@H]2CCCCCN2Cc2nc3ccccc3c(=O)[nH]2)cc1. The van der Waals surface area contributed by atoms with Crippen LogP contribution in [0.4, 0.5) is 0 Å². The molecule has 0 aliphatic carbocycles. The molecule has 0 amide bonds. The van der Waals surface area contributed by atoms with E-state index in [1.807, 2.05) is 36.4 Å². The van der Waals surface area contributed by atoms with Crippen LogP contribution in [0.5, 0.6) is 5.75 Å². The molecule has 0 radical (unpaired) electrons. The highest BCUT2D eigenvalue weighted by molar-refractivity contribution is 5.77. The maximum absolute atomic E-state index is 12.4. The minimum Gasteiger partial charge on any atom is -0.497 e. The molecule has 1 aliphatic heterocycles. The normalized spacial score (nSPS) is 18.3. The number of H-pyrrole nitrogens is 1. The minimum absolute atomic E-state index is 0.0635. The summed E-state index contributed by atoms with van der Waals surface area (Å²) in [5, 5.41) is 0.642. The number of para-hydroxylation sites is 1. The summed E-state index contributed by atoms with van der Waals surface area (Å²) in [4.78, 5) is 22.5. The van der Waals surface area contributed by atoms with Crippen molar-refractivity contribution >= 4 is 10.9 Å².